The molecule has 0 aliphatic rings. The van der Waals surface area contributed by atoms with Crippen molar-refractivity contribution in [1.29, 1.82) is 0 Å². The van der Waals surface area contributed by atoms with Crippen molar-refractivity contribution in [3.8, 4) is 11.5 Å². The maximum absolute atomic E-state index is 12.8. The highest BCUT2D eigenvalue weighted by atomic mass is 32.2. The van der Waals surface area contributed by atoms with Crippen LogP contribution in [0.4, 0.5) is 5.69 Å². The van der Waals surface area contributed by atoms with E-state index in [0.717, 1.165) is 11.3 Å². The molecule has 0 spiro atoms. The number of benzene rings is 2. The van der Waals surface area contributed by atoms with Gasteiger partial charge in [0, 0.05) is 23.2 Å². The molecule has 0 aliphatic carbocycles. The van der Waals surface area contributed by atoms with Crippen molar-refractivity contribution >= 4 is 33.9 Å². The minimum atomic E-state index is -1.88. The van der Waals surface area contributed by atoms with Crippen LogP contribution in [0.2, 0.25) is 0 Å². The summed E-state index contributed by atoms with van der Waals surface area (Å²) in [5.41, 5.74) is 2.88. The Labute approximate surface area is 209 Å². The molecular formula is C23H28N6O4S2. The third-order valence-electron chi connectivity index (χ3n) is 5.16. The molecule has 4 rings (SSSR count). The maximum Gasteiger partial charge on any atom is 0.316 e. The molecule has 10 nitrogen and oxygen atoms in total. The molecule has 186 valence electrons. The number of aromatic amines is 1. The second kappa shape index (κ2) is 10.2. The Morgan fingerprint density at radius 1 is 1.00 bits per heavy atom. The lowest BCUT2D eigenvalue weighted by Crippen LogP contribution is -2.27. The van der Waals surface area contributed by atoms with E-state index in [1.165, 1.54) is 0 Å². The van der Waals surface area contributed by atoms with Crippen molar-refractivity contribution < 1.29 is 16.8 Å². The number of rotatable bonds is 9. The lowest BCUT2D eigenvalue weighted by Gasteiger charge is -2.16. The van der Waals surface area contributed by atoms with Gasteiger partial charge in [-0.3, -0.25) is 9.82 Å². The summed E-state index contributed by atoms with van der Waals surface area (Å²) < 4.78 is 43.5. The summed E-state index contributed by atoms with van der Waals surface area (Å²) in [6.45, 7) is 9.95. The van der Waals surface area contributed by atoms with E-state index in [4.69, 9.17) is 8.37 Å². The minimum absolute atomic E-state index is 0.0764. The van der Waals surface area contributed by atoms with Crippen LogP contribution in [0, 0.1) is 6.92 Å². The molecule has 2 aromatic heterocycles. The zero-order valence-corrected chi connectivity index (χ0v) is 21.7. The third-order valence-corrected chi connectivity index (χ3v) is 6.78. The standard InChI is InChI=1S/C23H28N6O4S2/c1-15-11-12-17(28-35(31)32-18-9-7-6-8-10-18)13-19(15)33-34(30)27-16(2)22-25-24-21-14-20(23(3,4)5)26-29(21)22/h6-14,16,26-28H,1-5H3. The van der Waals surface area contributed by atoms with Gasteiger partial charge >= 0.3 is 11.3 Å². The molecule has 0 amide bonds. The molecule has 3 unspecified atom stereocenters. The van der Waals surface area contributed by atoms with E-state index >= 15 is 0 Å². The maximum atomic E-state index is 12.8. The Morgan fingerprint density at radius 2 is 1.74 bits per heavy atom. The van der Waals surface area contributed by atoms with Gasteiger partial charge in [0.2, 0.25) is 0 Å². The number of para-hydroxylation sites is 1. The second-order valence-electron chi connectivity index (χ2n) is 9.04. The summed E-state index contributed by atoms with van der Waals surface area (Å²) in [4.78, 5) is 0. The SMILES string of the molecule is Cc1ccc(NS(=O)Oc2ccccc2)cc1OS(=O)NC(C)c1nnc2cc(C(C)(C)C)[nH]n12. The van der Waals surface area contributed by atoms with Crippen LogP contribution in [-0.2, 0) is 27.9 Å². The predicted molar refractivity (Wildman–Crippen MR) is 136 cm³/mol. The van der Waals surface area contributed by atoms with Crippen LogP contribution in [0.15, 0.2) is 54.6 Å². The molecule has 0 radical (unpaired) electrons. The lowest BCUT2D eigenvalue weighted by atomic mass is 9.93. The molecule has 12 heteroatoms. The van der Waals surface area contributed by atoms with Crippen LogP contribution in [-0.4, -0.2) is 28.2 Å². The van der Waals surface area contributed by atoms with Crippen LogP contribution >= 0.6 is 0 Å². The molecule has 0 bridgehead atoms. The molecular weight excluding hydrogens is 488 g/mol. The monoisotopic (exact) mass is 516 g/mol. The van der Waals surface area contributed by atoms with E-state index < -0.39 is 28.6 Å². The number of hydrogen-bond donors (Lipinski definition) is 3. The van der Waals surface area contributed by atoms with Crippen molar-refractivity contribution in [2.24, 2.45) is 0 Å². The van der Waals surface area contributed by atoms with Gasteiger partial charge in [-0.15, -0.1) is 10.2 Å². The molecule has 3 N–H and O–H groups in total. The Kier molecular flexibility index (Phi) is 7.24. The van der Waals surface area contributed by atoms with E-state index in [-0.39, 0.29) is 5.41 Å². The van der Waals surface area contributed by atoms with Crippen molar-refractivity contribution in [3.63, 3.8) is 0 Å². The third kappa shape index (κ3) is 6.08. The molecule has 0 fully saturated rings. The highest BCUT2D eigenvalue weighted by molar-refractivity contribution is 7.82. The summed E-state index contributed by atoms with van der Waals surface area (Å²) in [5, 5.41) is 11.7. The Morgan fingerprint density at radius 3 is 2.46 bits per heavy atom. The Hall–Kier alpha value is -3.22. The van der Waals surface area contributed by atoms with Gasteiger partial charge in [0.05, 0.1) is 11.7 Å². The zero-order valence-electron chi connectivity index (χ0n) is 20.1. The number of fused-ring (bicyclic) bond motifs is 1. The van der Waals surface area contributed by atoms with Gasteiger partial charge in [-0.2, -0.15) is 13.1 Å². The highest BCUT2D eigenvalue weighted by Gasteiger charge is 2.22. The molecule has 0 saturated heterocycles. The zero-order chi connectivity index (χ0) is 25.2. The first-order valence-electron chi connectivity index (χ1n) is 10.9. The number of anilines is 1. The van der Waals surface area contributed by atoms with Crippen molar-refractivity contribution in [2.45, 2.75) is 46.1 Å². The number of hydrogen-bond acceptors (Lipinski definition) is 6. The smallest absolute Gasteiger partial charge is 0.316 e. The summed E-state index contributed by atoms with van der Waals surface area (Å²) in [5.74, 6) is 1.42. The minimum Gasteiger partial charge on any atom is -0.389 e. The van der Waals surface area contributed by atoms with Gasteiger partial charge in [-0.05, 0) is 37.6 Å². The van der Waals surface area contributed by atoms with E-state index in [1.54, 1.807) is 47.0 Å². The second-order valence-corrected chi connectivity index (χ2v) is 10.8. The molecule has 2 heterocycles. The summed E-state index contributed by atoms with van der Waals surface area (Å²) in [6, 6.07) is 15.5. The van der Waals surface area contributed by atoms with Crippen LogP contribution in [0.3, 0.4) is 0 Å². The van der Waals surface area contributed by atoms with Crippen LogP contribution < -0.4 is 17.8 Å². The first-order valence-corrected chi connectivity index (χ1v) is 13.1. The van der Waals surface area contributed by atoms with Crippen molar-refractivity contribution in [3.05, 3.63) is 71.7 Å². The first-order chi connectivity index (χ1) is 16.6. The fourth-order valence-electron chi connectivity index (χ4n) is 3.20. The Bertz CT molecular complexity index is 1360. The number of nitrogens with one attached hydrogen (secondary N) is 3. The van der Waals surface area contributed by atoms with E-state index in [9.17, 15) is 8.42 Å². The summed E-state index contributed by atoms with van der Waals surface area (Å²) >= 11 is -3.70. The fourth-order valence-corrected chi connectivity index (χ4v) is 4.63. The molecule has 0 aliphatic heterocycles. The Balaban J connectivity index is 1.41. The molecule has 0 saturated carbocycles. The molecule has 2 aromatic carbocycles. The lowest BCUT2D eigenvalue weighted by molar-refractivity contribution is 0.522. The fraction of sp³-hybridized carbons (Fsp3) is 0.304. The van der Waals surface area contributed by atoms with Crippen LogP contribution in [0.25, 0.3) is 5.65 Å². The number of aromatic nitrogens is 4. The quantitative estimate of drug-likeness (QED) is 0.309. The number of H-pyrrole nitrogens is 1. The van der Waals surface area contributed by atoms with Gasteiger partial charge < -0.3 is 8.37 Å². The van der Waals surface area contributed by atoms with Crippen molar-refractivity contribution in [2.75, 3.05) is 4.72 Å². The van der Waals surface area contributed by atoms with Gasteiger partial charge in [0.15, 0.2) is 11.5 Å². The topological polar surface area (TPSA) is 123 Å². The van der Waals surface area contributed by atoms with Gasteiger partial charge in [-0.1, -0.05) is 45.0 Å². The molecule has 4 aromatic rings. The molecule has 35 heavy (non-hydrogen) atoms. The average molecular weight is 517 g/mol. The van der Waals surface area contributed by atoms with E-state index in [1.807, 2.05) is 26.0 Å². The van der Waals surface area contributed by atoms with Gasteiger partial charge in [0.1, 0.15) is 11.5 Å². The largest absolute Gasteiger partial charge is 0.389 e. The number of nitrogens with zero attached hydrogens (tertiary/aromatic N) is 3. The number of aryl methyl sites for hydroxylation is 1. The normalized spacial score (nSPS) is 14.4. The average Bonchev–Trinajstić information content (AvgIpc) is 3.37. The predicted octanol–water partition coefficient (Wildman–Crippen LogP) is 4.04. The van der Waals surface area contributed by atoms with Crippen LogP contribution in [0.1, 0.15) is 50.8 Å². The van der Waals surface area contributed by atoms with Crippen molar-refractivity contribution in [1.82, 2.24) is 24.5 Å². The van der Waals surface area contributed by atoms with E-state index in [2.05, 4.69) is 45.5 Å². The first kappa shape index (κ1) is 24.9. The highest BCUT2D eigenvalue weighted by Crippen LogP contribution is 2.25. The van der Waals surface area contributed by atoms with Gasteiger partial charge in [0.25, 0.3) is 11.3 Å². The molecule has 3 atom stereocenters. The van der Waals surface area contributed by atoms with E-state index in [0.29, 0.717) is 28.7 Å². The summed E-state index contributed by atoms with van der Waals surface area (Å²) in [6.07, 6.45) is 0. The van der Waals surface area contributed by atoms with Crippen LogP contribution in [0.5, 0.6) is 11.5 Å². The van der Waals surface area contributed by atoms with Gasteiger partial charge in [-0.25, -0.2) is 4.52 Å². The summed E-state index contributed by atoms with van der Waals surface area (Å²) in [7, 11) is 0.